The molecule has 0 unspecified atom stereocenters. The number of hydrogen-bond acceptors (Lipinski definition) is 5. The Balaban J connectivity index is 2.16. The molecule has 0 amide bonds. The molecule has 1 heterocycles. The van der Waals surface area contributed by atoms with Crippen molar-refractivity contribution in [2.24, 2.45) is 5.73 Å². The van der Waals surface area contributed by atoms with E-state index in [0.717, 1.165) is 5.56 Å². The van der Waals surface area contributed by atoms with E-state index in [0.29, 0.717) is 29.8 Å². The third-order valence-corrected chi connectivity index (χ3v) is 2.86. The molecule has 0 aliphatic carbocycles. The second-order valence-electron chi connectivity index (χ2n) is 3.79. The normalized spacial score (nSPS) is 12.6. The Labute approximate surface area is 110 Å². The van der Waals surface area contributed by atoms with E-state index >= 15 is 0 Å². The summed E-state index contributed by atoms with van der Waals surface area (Å²) in [6.07, 6.45) is 0.593. The predicted octanol–water partition coefficient (Wildman–Crippen LogP) is 1.96. The Morgan fingerprint density at radius 2 is 2.22 bits per heavy atom. The molecule has 2 N–H and O–H groups in total. The molecule has 2 rings (SSSR count). The van der Waals surface area contributed by atoms with Crippen LogP contribution in [0.15, 0.2) is 28.8 Å². The summed E-state index contributed by atoms with van der Waals surface area (Å²) in [5.41, 5.74) is 6.81. The lowest BCUT2D eigenvalue weighted by molar-refractivity contribution is 0.199. The second kappa shape index (κ2) is 5.95. The van der Waals surface area contributed by atoms with E-state index in [1.807, 2.05) is 18.2 Å². The molecule has 0 aliphatic rings. The molecule has 0 saturated carbocycles. The molecule has 1 atom stereocenters. The molecule has 1 aromatic heterocycles. The first-order valence-corrected chi connectivity index (χ1v) is 5.91. The van der Waals surface area contributed by atoms with Gasteiger partial charge in [-0.1, -0.05) is 35.0 Å². The first-order chi connectivity index (χ1) is 8.72. The second-order valence-corrected chi connectivity index (χ2v) is 4.20. The maximum Gasteiger partial charge on any atom is 0.248 e. The van der Waals surface area contributed by atoms with Crippen LogP contribution in [-0.2, 0) is 11.2 Å². The molecule has 1 aromatic carbocycles. The average molecular weight is 268 g/mol. The Morgan fingerprint density at radius 3 is 2.94 bits per heavy atom. The summed E-state index contributed by atoms with van der Waals surface area (Å²) in [5.74, 6) is 0.934. The van der Waals surface area contributed by atoms with Gasteiger partial charge < -0.3 is 15.0 Å². The van der Waals surface area contributed by atoms with Gasteiger partial charge in [0.15, 0.2) is 5.82 Å². The van der Waals surface area contributed by atoms with Gasteiger partial charge in [0, 0.05) is 18.6 Å². The third kappa shape index (κ3) is 2.87. The van der Waals surface area contributed by atoms with Gasteiger partial charge in [-0.3, -0.25) is 0 Å². The molecule has 0 spiro atoms. The number of benzene rings is 1. The van der Waals surface area contributed by atoms with Gasteiger partial charge in [-0.25, -0.2) is 0 Å². The Bertz CT molecular complexity index is 516. The van der Waals surface area contributed by atoms with Crippen molar-refractivity contribution in [1.29, 1.82) is 0 Å². The van der Waals surface area contributed by atoms with Crippen LogP contribution in [-0.4, -0.2) is 23.9 Å². The van der Waals surface area contributed by atoms with Crippen LogP contribution >= 0.6 is 11.6 Å². The van der Waals surface area contributed by atoms with E-state index in [9.17, 15) is 0 Å². The van der Waals surface area contributed by atoms with Crippen LogP contribution in [0.4, 0.5) is 0 Å². The number of ether oxygens (including phenoxy) is 1. The minimum Gasteiger partial charge on any atom is -0.384 e. The van der Waals surface area contributed by atoms with Gasteiger partial charge in [0.1, 0.15) is 6.04 Å². The van der Waals surface area contributed by atoms with Crippen molar-refractivity contribution in [2.45, 2.75) is 12.5 Å². The molecule has 18 heavy (non-hydrogen) atoms. The Hall–Kier alpha value is -1.43. The fourth-order valence-electron chi connectivity index (χ4n) is 1.55. The number of methoxy groups -OCH3 is 1. The zero-order valence-corrected chi connectivity index (χ0v) is 10.7. The summed E-state index contributed by atoms with van der Waals surface area (Å²) in [5, 5.41) is 4.43. The van der Waals surface area contributed by atoms with E-state index in [4.69, 9.17) is 26.6 Å². The fourth-order valence-corrected chi connectivity index (χ4v) is 1.80. The van der Waals surface area contributed by atoms with Gasteiger partial charge in [-0.2, -0.15) is 4.98 Å². The summed E-state index contributed by atoms with van der Waals surface area (Å²) in [6.45, 7) is 0.542. The highest BCUT2D eigenvalue weighted by atomic mass is 35.5. The molecule has 0 aliphatic heterocycles. The predicted molar refractivity (Wildman–Crippen MR) is 67.4 cm³/mol. The maximum absolute atomic E-state index is 6.07. The van der Waals surface area contributed by atoms with Crippen molar-refractivity contribution in [1.82, 2.24) is 10.1 Å². The highest BCUT2D eigenvalue weighted by Gasteiger charge is 2.18. The summed E-state index contributed by atoms with van der Waals surface area (Å²) in [6, 6.07) is 6.81. The summed E-state index contributed by atoms with van der Waals surface area (Å²) < 4.78 is 10.1. The summed E-state index contributed by atoms with van der Waals surface area (Å²) in [7, 11) is 1.62. The molecule has 6 heteroatoms. The standard InChI is InChI=1S/C12H14ClN3O2/c1-17-7-6-10-15-12(18-16-10)11(14)8-4-2-3-5-9(8)13/h2-5,11H,6-7,14H2,1H3/t11-/m1/s1. The topological polar surface area (TPSA) is 74.2 Å². The smallest absolute Gasteiger partial charge is 0.248 e. The van der Waals surface area contributed by atoms with E-state index in [1.54, 1.807) is 13.2 Å². The van der Waals surface area contributed by atoms with E-state index in [1.165, 1.54) is 0 Å². The number of halogens is 1. The van der Waals surface area contributed by atoms with Gasteiger partial charge in [-0.05, 0) is 11.6 Å². The highest BCUT2D eigenvalue weighted by Crippen LogP contribution is 2.25. The van der Waals surface area contributed by atoms with Gasteiger partial charge >= 0.3 is 0 Å². The van der Waals surface area contributed by atoms with Crippen LogP contribution < -0.4 is 5.73 Å². The summed E-state index contributed by atoms with van der Waals surface area (Å²) in [4.78, 5) is 4.22. The van der Waals surface area contributed by atoms with Crippen LogP contribution in [0.5, 0.6) is 0 Å². The lowest BCUT2D eigenvalue weighted by Crippen LogP contribution is -2.13. The molecular weight excluding hydrogens is 254 g/mol. The minimum absolute atomic E-state index is 0.356. The van der Waals surface area contributed by atoms with Gasteiger partial charge in [0.2, 0.25) is 5.89 Å². The van der Waals surface area contributed by atoms with Crippen molar-refractivity contribution in [2.75, 3.05) is 13.7 Å². The van der Waals surface area contributed by atoms with E-state index in [2.05, 4.69) is 10.1 Å². The van der Waals surface area contributed by atoms with Crippen LogP contribution in [0.2, 0.25) is 5.02 Å². The van der Waals surface area contributed by atoms with Crippen LogP contribution in [0.3, 0.4) is 0 Å². The average Bonchev–Trinajstić information content (AvgIpc) is 2.85. The number of aromatic nitrogens is 2. The Kier molecular flexibility index (Phi) is 4.30. The molecular formula is C12H14ClN3O2. The van der Waals surface area contributed by atoms with Crippen molar-refractivity contribution >= 4 is 11.6 Å². The van der Waals surface area contributed by atoms with E-state index < -0.39 is 6.04 Å². The zero-order valence-electron chi connectivity index (χ0n) is 9.97. The van der Waals surface area contributed by atoms with Crippen molar-refractivity contribution in [3.63, 3.8) is 0 Å². The molecule has 2 aromatic rings. The van der Waals surface area contributed by atoms with Crippen molar-refractivity contribution in [3.8, 4) is 0 Å². The van der Waals surface area contributed by atoms with Gasteiger partial charge in [-0.15, -0.1) is 0 Å². The molecule has 0 fully saturated rings. The number of hydrogen-bond donors (Lipinski definition) is 1. The maximum atomic E-state index is 6.07. The molecule has 0 radical (unpaired) electrons. The minimum atomic E-state index is -0.512. The quantitative estimate of drug-likeness (QED) is 0.896. The highest BCUT2D eigenvalue weighted by molar-refractivity contribution is 6.31. The third-order valence-electron chi connectivity index (χ3n) is 2.52. The number of nitrogens with two attached hydrogens (primary N) is 1. The van der Waals surface area contributed by atoms with Gasteiger partial charge in [0.05, 0.1) is 6.61 Å². The first-order valence-electron chi connectivity index (χ1n) is 5.54. The number of nitrogens with zero attached hydrogens (tertiary/aromatic N) is 2. The van der Waals surface area contributed by atoms with Crippen LogP contribution in [0.1, 0.15) is 23.3 Å². The monoisotopic (exact) mass is 267 g/mol. The van der Waals surface area contributed by atoms with Crippen LogP contribution in [0.25, 0.3) is 0 Å². The SMILES string of the molecule is COCCc1noc([C@H](N)c2ccccc2Cl)n1. The zero-order chi connectivity index (χ0) is 13.0. The Morgan fingerprint density at radius 1 is 1.44 bits per heavy atom. The summed E-state index contributed by atoms with van der Waals surface area (Å²) >= 11 is 6.07. The first kappa shape index (κ1) is 13.0. The van der Waals surface area contributed by atoms with Gasteiger partial charge in [0.25, 0.3) is 0 Å². The van der Waals surface area contributed by atoms with Crippen molar-refractivity contribution < 1.29 is 9.26 Å². The lowest BCUT2D eigenvalue weighted by atomic mass is 10.1. The number of rotatable bonds is 5. The van der Waals surface area contributed by atoms with Crippen molar-refractivity contribution in [3.05, 3.63) is 46.6 Å². The fraction of sp³-hybridized carbons (Fsp3) is 0.333. The van der Waals surface area contributed by atoms with E-state index in [-0.39, 0.29) is 0 Å². The molecule has 96 valence electrons. The molecule has 0 saturated heterocycles. The van der Waals surface area contributed by atoms with Crippen LogP contribution in [0, 0.1) is 0 Å². The molecule has 0 bridgehead atoms. The molecule has 5 nitrogen and oxygen atoms in total. The lowest BCUT2D eigenvalue weighted by Gasteiger charge is -2.08. The largest absolute Gasteiger partial charge is 0.384 e.